The Bertz CT molecular complexity index is 754. The number of rotatable bonds is 6. The third kappa shape index (κ3) is 5.60. The van der Waals surface area contributed by atoms with Crippen LogP contribution in [0, 0.1) is 0 Å². The number of benzene rings is 1. The highest BCUT2D eigenvalue weighted by molar-refractivity contribution is 7.91. The Morgan fingerprint density at radius 1 is 1.28 bits per heavy atom. The summed E-state index contributed by atoms with van der Waals surface area (Å²) >= 11 is 0. The highest BCUT2D eigenvalue weighted by atomic mass is 32.2. The van der Waals surface area contributed by atoms with Gasteiger partial charge in [0, 0.05) is 19.2 Å². The van der Waals surface area contributed by atoms with Crippen molar-refractivity contribution in [1.82, 2.24) is 4.90 Å². The molecule has 1 aliphatic rings. The van der Waals surface area contributed by atoms with E-state index in [1.807, 2.05) is 0 Å². The molecule has 0 aliphatic carbocycles. The molecule has 0 aromatic heterocycles. The Labute approximate surface area is 147 Å². The lowest BCUT2D eigenvalue weighted by Gasteiger charge is -2.22. The molecule has 0 spiro atoms. The maximum absolute atomic E-state index is 12.0. The van der Waals surface area contributed by atoms with Crippen LogP contribution < -0.4 is 4.74 Å². The van der Waals surface area contributed by atoms with Crippen LogP contribution in [0.1, 0.15) is 12.0 Å². The Morgan fingerprint density at radius 3 is 2.52 bits per heavy atom. The van der Waals surface area contributed by atoms with E-state index in [-0.39, 0.29) is 17.5 Å². The van der Waals surface area contributed by atoms with Crippen molar-refractivity contribution < 1.29 is 27.5 Å². The number of hydrogen-bond acceptors (Lipinski definition) is 6. The maximum Gasteiger partial charge on any atom is 0.331 e. The Kier molecular flexibility index (Phi) is 6.19. The lowest BCUT2D eigenvalue weighted by atomic mass is 10.2. The van der Waals surface area contributed by atoms with E-state index in [0.717, 1.165) is 5.56 Å². The summed E-state index contributed by atoms with van der Waals surface area (Å²) in [7, 11) is 0.0180. The normalized spacial score (nSPS) is 18.9. The molecule has 1 saturated heterocycles. The first-order valence-electron chi connectivity index (χ1n) is 7.76. The number of amides is 1. The van der Waals surface area contributed by atoms with Gasteiger partial charge in [-0.3, -0.25) is 4.79 Å². The molecule has 1 aromatic rings. The molecule has 1 aromatic carbocycles. The molecule has 136 valence electrons. The fourth-order valence-electron chi connectivity index (χ4n) is 2.45. The topological polar surface area (TPSA) is 90.0 Å². The Morgan fingerprint density at radius 2 is 1.96 bits per heavy atom. The molecule has 0 saturated carbocycles. The molecule has 1 aliphatic heterocycles. The molecule has 8 heteroatoms. The molecule has 0 bridgehead atoms. The van der Waals surface area contributed by atoms with Gasteiger partial charge in [-0.15, -0.1) is 0 Å². The molecule has 1 fully saturated rings. The van der Waals surface area contributed by atoms with Gasteiger partial charge in [-0.05, 0) is 30.2 Å². The monoisotopic (exact) mass is 367 g/mol. The minimum Gasteiger partial charge on any atom is -0.497 e. The van der Waals surface area contributed by atoms with E-state index in [1.165, 1.54) is 18.0 Å². The van der Waals surface area contributed by atoms with Gasteiger partial charge in [0.1, 0.15) is 5.75 Å². The van der Waals surface area contributed by atoms with Crippen LogP contribution in [-0.2, 0) is 24.2 Å². The van der Waals surface area contributed by atoms with Gasteiger partial charge in [0.15, 0.2) is 16.4 Å². The van der Waals surface area contributed by atoms with Crippen LogP contribution in [0.15, 0.2) is 30.3 Å². The Hall–Kier alpha value is -2.35. The second kappa shape index (κ2) is 8.15. The van der Waals surface area contributed by atoms with Crippen molar-refractivity contribution in [1.29, 1.82) is 0 Å². The summed E-state index contributed by atoms with van der Waals surface area (Å²) in [6.45, 7) is -0.418. The van der Waals surface area contributed by atoms with Gasteiger partial charge >= 0.3 is 5.97 Å². The summed E-state index contributed by atoms with van der Waals surface area (Å²) in [5.74, 6) is -0.313. The first kappa shape index (κ1) is 19.0. The SMILES string of the molecule is COc1ccc(/C=C/C(=O)OCC(=O)N(C)C2CCS(=O)(=O)C2)cc1. The summed E-state index contributed by atoms with van der Waals surface area (Å²) in [6.07, 6.45) is 3.21. The molecule has 0 radical (unpaired) electrons. The van der Waals surface area contributed by atoms with E-state index in [1.54, 1.807) is 37.5 Å². The number of ether oxygens (including phenoxy) is 2. The lowest BCUT2D eigenvalue weighted by molar-refractivity contribution is -0.148. The number of carbonyl (C=O) groups is 2. The zero-order valence-electron chi connectivity index (χ0n) is 14.2. The van der Waals surface area contributed by atoms with Crippen molar-refractivity contribution >= 4 is 27.8 Å². The fourth-order valence-corrected chi connectivity index (χ4v) is 4.22. The molecule has 7 nitrogen and oxygen atoms in total. The van der Waals surface area contributed by atoms with Crippen molar-refractivity contribution in [3.63, 3.8) is 0 Å². The van der Waals surface area contributed by atoms with Gasteiger partial charge < -0.3 is 14.4 Å². The second-order valence-corrected chi connectivity index (χ2v) is 8.00. The molecule has 25 heavy (non-hydrogen) atoms. The molecule has 0 N–H and O–H groups in total. The van der Waals surface area contributed by atoms with Crippen molar-refractivity contribution in [2.24, 2.45) is 0 Å². The van der Waals surface area contributed by atoms with Gasteiger partial charge in [-0.25, -0.2) is 13.2 Å². The number of sulfone groups is 1. The molecule has 1 amide bonds. The summed E-state index contributed by atoms with van der Waals surface area (Å²) in [6, 6.07) is 6.73. The third-order valence-corrected chi connectivity index (χ3v) is 5.77. The van der Waals surface area contributed by atoms with E-state index in [0.29, 0.717) is 12.2 Å². The number of esters is 1. The maximum atomic E-state index is 12.0. The van der Waals surface area contributed by atoms with Gasteiger partial charge in [0.2, 0.25) is 0 Å². The molecule has 2 rings (SSSR count). The lowest BCUT2D eigenvalue weighted by Crippen LogP contribution is -2.40. The van der Waals surface area contributed by atoms with Crippen LogP contribution >= 0.6 is 0 Å². The van der Waals surface area contributed by atoms with E-state index >= 15 is 0 Å². The molecular weight excluding hydrogens is 346 g/mol. The van der Waals surface area contributed by atoms with E-state index in [9.17, 15) is 18.0 Å². The molecule has 1 heterocycles. The van der Waals surface area contributed by atoms with Gasteiger partial charge in [-0.2, -0.15) is 0 Å². The van der Waals surface area contributed by atoms with Crippen molar-refractivity contribution in [2.45, 2.75) is 12.5 Å². The quantitative estimate of drug-likeness (QED) is 0.548. The highest BCUT2D eigenvalue weighted by Crippen LogP contribution is 2.16. The number of nitrogens with zero attached hydrogens (tertiary/aromatic N) is 1. The van der Waals surface area contributed by atoms with Crippen LogP contribution in [-0.4, -0.2) is 63.5 Å². The number of likely N-dealkylation sites (N-methyl/N-ethyl adjacent to an activating group) is 1. The third-order valence-electron chi connectivity index (χ3n) is 4.02. The summed E-state index contributed by atoms with van der Waals surface area (Å²) in [4.78, 5) is 25.0. The van der Waals surface area contributed by atoms with Gasteiger partial charge in [-0.1, -0.05) is 12.1 Å². The first-order valence-corrected chi connectivity index (χ1v) is 9.58. The number of carbonyl (C=O) groups excluding carboxylic acids is 2. The van der Waals surface area contributed by atoms with Crippen LogP contribution in [0.5, 0.6) is 5.75 Å². The number of methoxy groups -OCH3 is 1. The molecule has 1 atom stereocenters. The van der Waals surface area contributed by atoms with Crippen molar-refractivity contribution in [3.05, 3.63) is 35.9 Å². The summed E-state index contributed by atoms with van der Waals surface area (Å²) < 4.78 is 32.9. The second-order valence-electron chi connectivity index (χ2n) is 5.78. The largest absolute Gasteiger partial charge is 0.497 e. The van der Waals surface area contributed by atoms with Gasteiger partial charge in [0.25, 0.3) is 5.91 Å². The Balaban J connectivity index is 1.80. The average Bonchev–Trinajstić information content (AvgIpc) is 2.97. The minimum atomic E-state index is -3.07. The van der Waals surface area contributed by atoms with Crippen LogP contribution in [0.3, 0.4) is 0 Å². The zero-order chi connectivity index (χ0) is 18.4. The predicted molar refractivity (Wildman–Crippen MR) is 92.8 cm³/mol. The van der Waals surface area contributed by atoms with E-state index in [2.05, 4.69) is 0 Å². The predicted octanol–water partition coefficient (Wildman–Crippen LogP) is 0.897. The standard InChI is InChI=1S/C17H21NO6S/c1-18(14-9-10-25(21,22)12-14)16(19)11-24-17(20)8-5-13-3-6-15(23-2)7-4-13/h3-8,14H,9-12H2,1-2H3/b8-5+. The van der Waals surface area contributed by atoms with E-state index < -0.39 is 28.3 Å². The van der Waals surface area contributed by atoms with Crippen molar-refractivity contribution in [3.8, 4) is 5.75 Å². The smallest absolute Gasteiger partial charge is 0.331 e. The van der Waals surface area contributed by atoms with Crippen LogP contribution in [0.4, 0.5) is 0 Å². The number of hydrogen-bond donors (Lipinski definition) is 0. The zero-order valence-corrected chi connectivity index (χ0v) is 15.0. The summed E-state index contributed by atoms with van der Waals surface area (Å²) in [5, 5.41) is 0. The van der Waals surface area contributed by atoms with Gasteiger partial charge in [0.05, 0.1) is 18.6 Å². The minimum absolute atomic E-state index is 0.0411. The fraction of sp³-hybridized carbons (Fsp3) is 0.412. The average molecular weight is 367 g/mol. The summed E-state index contributed by atoms with van der Waals surface area (Å²) in [5.41, 5.74) is 0.789. The van der Waals surface area contributed by atoms with Crippen molar-refractivity contribution in [2.75, 3.05) is 32.3 Å². The molecule has 1 unspecified atom stereocenters. The molecular formula is C17H21NO6S. The van der Waals surface area contributed by atoms with Crippen LogP contribution in [0.25, 0.3) is 6.08 Å². The first-order chi connectivity index (χ1) is 11.8. The van der Waals surface area contributed by atoms with Crippen LogP contribution in [0.2, 0.25) is 0 Å². The van der Waals surface area contributed by atoms with E-state index in [4.69, 9.17) is 9.47 Å². The highest BCUT2D eigenvalue weighted by Gasteiger charge is 2.32.